The second-order valence-electron chi connectivity index (χ2n) is 6.89. The van der Waals surface area contributed by atoms with E-state index in [0.29, 0.717) is 0 Å². The van der Waals surface area contributed by atoms with Crippen LogP contribution < -0.4 is 0 Å². The number of halogens is 1. The lowest BCUT2D eigenvalue weighted by molar-refractivity contribution is -0.184. The van der Waals surface area contributed by atoms with Crippen LogP contribution >= 0.6 is 12.4 Å². The lowest BCUT2D eigenvalue weighted by atomic mass is 9.85. The molecule has 0 aromatic heterocycles. The zero-order valence-electron chi connectivity index (χ0n) is 15.1. The van der Waals surface area contributed by atoms with E-state index in [1.807, 2.05) is 6.08 Å². The van der Waals surface area contributed by atoms with Crippen LogP contribution in [-0.4, -0.2) is 70.6 Å². The molecule has 7 nitrogen and oxygen atoms in total. The summed E-state index contributed by atoms with van der Waals surface area (Å²) in [5.74, 6) is -1.65. The summed E-state index contributed by atoms with van der Waals surface area (Å²) in [5, 5.41) is 20.2. The fraction of sp³-hybridized carbons (Fsp3) is 0.765. The standard InChI is InChI=1S/C17H27NO6.ClH/c1-10(2)17(22,11(3)19)16(21)23-9-13-5-7-18-8-6-14(15(13)18)24-12(4)20;/h5,10-11,14-15,19,22H,6-9H2,1-4H3;1H/t11-,14+,15+,17-;/m0./s1. The summed E-state index contributed by atoms with van der Waals surface area (Å²) in [5.41, 5.74) is -1.08. The Morgan fingerprint density at radius 1 is 1.40 bits per heavy atom. The minimum absolute atomic E-state index is 0. The van der Waals surface area contributed by atoms with Gasteiger partial charge in [-0.25, -0.2) is 4.79 Å². The third-order valence-electron chi connectivity index (χ3n) is 4.95. The number of fused-ring (bicyclic) bond motifs is 1. The van der Waals surface area contributed by atoms with E-state index >= 15 is 0 Å². The fourth-order valence-electron chi connectivity index (χ4n) is 3.49. The van der Waals surface area contributed by atoms with Gasteiger partial charge in [0.15, 0.2) is 5.60 Å². The second kappa shape index (κ2) is 8.49. The number of rotatable bonds is 6. The van der Waals surface area contributed by atoms with Crippen LogP contribution in [0.25, 0.3) is 0 Å². The highest BCUT2D eigenvalue weighted by molar-refractivity contribution is 5.85. The number of aliphatic hydroxyl groups excluding tert-OH is 1. The molecule has 1 fully saturated rings. The Balaban J connectivity index is 0.00000312. The molecule has 0 amide bonds. The largest absolute Gasteiger partial charge is 0.460 e. The molecule has 0 aromatic rings. The Hall–Kier alpha value is -1.15. The molecule has 0 aliphatic carbocycles. The Bertz CT molecular complexity index is 525. The molecule has 4 atom stereocenters. The van der Waals surface area contributed by atoms with E-state index in [0.717, 1.165) is 25.1 Å². The van der Waals surface area contributed by atoms with Crippen LogP contribution in [0, 0.1) is 5.92 Å². The molecule has 2 aliphatic heterocycles. The number of hydrogen-bond acceptors (Lipinski definition) is 7. The van der Waals surface area contributed by atoms with Gasteiger partial charge >= 0.3 is 11.9 Å². The molecular formula is C17H28ClNO6. The van der Waals surface area contributed by atoms with Gasteiger partial charge in [-0.3, -0.25) is 9.69 Å². The summed E-state index contributed by atoms with van der Waals surface area (Å²) in [6.07, 6.45) is 1.24. The summed E-state index contributed by atoms with van der Waals surface area (Å²) in [6, 6.07) is -0.0830. The minimum Gasteiger partial charge on any atom is -0.460 e. The van der Waals surface area contributed by atoms with Crippen molar-refractivity contribution in [3.63, 3.8) is 0 Å². The smallest absolute Gasteiger partial charge is 0.341 e. The molecular weight excluding hydrogens is 350 g/mol. The van der Waals surface area contributed by atoms with Gasteiger partial charge in [0.05, 0.1) is 12.1 Å². The number of ether oxygens (including phenoxy) is 2. The van der Waals surface area contributed by atoms with E-state index in [4.69, 9.17) is 9.47 Å². The van der Waals surface area contributed by atoms with Gasteiger partial charge in [0, 0.05) is 20.0 Å². The van der Waals surface area contributed by atoms with Gasteiger partial charge in [0.1, 0.15) is 12.7 Å². The number of carbonyl (C=O) groups is 2. The van der Waals surface area contributed by atoms with E-state index in [1.165, 1.54) is 13.8 Å². The lowest BCUT2D eigenvalue weighted by Crippen LogP contribution is -2.53. The Labute approximate surface area is 154 Å². The SMILES string of the molecule is CC(=O)O[C@@H]1CCN2CC=C(COC(=O)[C@](O)(C(C)C)[C@H](C)O)[C@H]12.Cl. The van der Waals surface area contributed by atoms with Crippen LogP contribution in [0.4, 0.5) is 0 Å². The number of hydrogen-bond donors (Lipinski definition) is 2. The lowest BCUT2D eigenvalue weighted by Gasteiger charge is -2.32. The molecule has 0 radical (unpaired) electrons. The first-order valence-corrected chi connectivity index (χ1v) is 8.35. The first kappa shape index (κ1) is 21.9. The van der Waals surface area contributed by atoms with Crippen molar-refractivity contribution in [1.82, 2.24) is 4.90 Å². The van der Waals surface area contributed by atoms with Crippen molar-refractivity contribution in [3.8, 4) is 0 Å². The molecule has 25 heavy (non-hydrogen) atoms. The Morgan fingerprint density at radius 3 is 2.56 bits per heavy atom. The first-order valence-electron chi connectivity index (χ1n) is 8.35. The van der Waals surface area contributed by atoms with Crippen LogP contribution in [0.5, 0.6) is 0 Å². The third-order valence-corrected chi connectivity index (χ3v) is 4.95. The van der Waals surface area contributed by atoms with E-state index in [9.17, 15) is 19.8 Å². The minimum atomic E-state index is -1.94. The molecule has 0 aromatic carbocycles. The van der Waals surface area contributed by atoms with Crippen molar-refractivity contribution < 1.29 is 29.3 Å². The zero-order valence-corrected chi connectivity index (χ0v) is 15.9. The molecule has 8 heteroatoms. The molecule has 144 valence electrons. The number of esters is 2. The van der Waals surface area contributed by atoms with Gasteiger partial charge in [0.2, 0.25) is 0 Å². The van der Waals surface area contributed by atoms with Crippen molar-refractivity contribution in [2.45, 2.75) is 58.0 Å². The van der Waals surface area contributed by atoms with Crippen molar-refractivity contribution >= 4 is 24.3 Å². The maximum absolute atomic E-state index is 12.3. The van der Waals surface area contributed by atoms with Crippen LogP contribution in [-0.2, 0) is 19.1 Å². The Morgan fingerprint density at radius 2 is 2.04 bits per heavy atom. The third kappa shape index (κ3) is 4.34. The summed E-state index contributed by atoms with van der Waals surface area (Å²) in [6.45, 7) is 7.61. The number of nitrogens with zero attached hydrogens (tertiary/aromatic N) is 1. The predicted molar refractivity (Wildman–Crippen MR) is 93.3 cm³/mol. The van der Waals surface area contributed by atoms with Crippen LogP contribution in [0.15, 0.2) is 11.6 Å². The summed E-state index contributed by atoms with van der Waals surface area (Å²) < 4.78 is 10.6. The van der Waals surface area contributed by atoms with Gasteiger partial charge in [-0.15, -0.1) is 12.4 Å². The monoisotopic (exact) mass is 377 g/mol. The maximum atomic E-state index is 12.3. The fourth-order valence-corrected chi connectivity index (χ4v) is 3.49. The van der Waals surface area contributed by atoms with Crippen LogP contribution in [0.1, 0.15) is 34.1 Å². The maximum Gasteiger partial charge on any atom is 0.341 e. The topological polar surface area (TPSA) is 96.3 Å². The molecule has 2 aliphatic rings. The highest BCUT2D eigenvalue weighted by atomic mass is 35.5. The van der Waals surface area contributed by atoms with Crippen molar-refractivity contribution in [1.29, 1.82) is 0 Å². The van der Waals surface area contributed by atoms with Crippen molar-refractivity contribution in [2.75, 3.05) is 19.7 Å². The van der Waals surface area contributed by atoms with E-state index in [-0.39, 0.29) is 37.1 Å². The van der Waals surface area contributed by atoms with Crippen molar-refractivity contribution in [3.05, 3.63) is 11.6 Å². The molecule has 2 heterocycles. The summed E-state index contributed by atoms with van der Waals surface area (Å²) >= 11 is 0. The van der Waals surface area contributed by atoms with Gasteiger partial charge < -0.3 is 19.7 Å². The average Bonchev–Trinajstić information content (AvgIpc) is 3.06. The van der Waals surface area contributed by atoms with E-state index in [2.05, 4.69) is 4.90 Å². The highest BCUT2D eigenvalue weighted by Crippen LogP contribution is 2.32. The second-order valence-corrected chi connectivity index (χ2v) is 6.89. The van der Waals surface area contributed by atoms with Gasteiger partial charge in [-0.05, 0) is 24.8 Å². The van der Waals surface area contributed by atoms with Crippen molar-refractivity contribution in [2.24, 2.45) is 5.92 Å². The van der Waals surface area contributed by atoms with E-state index < -0.39 is 23.6 Å². The normalized spacial score (nSPS) is 26.3. The number of aliphatic hydroxyl groups is 2. The molecule has 0 spiro atoms. The van der Waals surface area contributed by atoms with Gasteiger partial charge in [-0.2, -0.15) is 0 Å². The molecule has 1 saturated heterocycles. The zero-order chi connectivity index (χ0) is 18.1. The van der Waals surface area contributed by atoms with Gasteiger partial charge in [-0.1, -0.05) is 19.9 Å². The molecule has 0 saturated carbocycles. The molecule has 0 unspecified atom stereocenters. The molecule has 2 N–H and O–H groups in total. The molecule has 0 bridgehead atoms. The van der Waals surface area contributed by atoms with E-state index in [1.54, 1.807) is 13.8 Å². The summed E-state index contributed by atoms with van der Waals surface area (Å²) in [7, 11) is 0. The first-order chi connectivity index (χ1) is 11.2. The predicted octanol–water partition coefficient (Wildman–Crippen LogP) is 0.665. The molecule has 2 rings (SSSR count). The number of carbonyl (C=O) groups excluding carboxylic acids is 2. The Kier molecular flexibility index (Phi) is 7.43. The van der Waals surface area contributed by atoms with Gasteiger partial charge in [0.25, 0.3) is 0 Å². The highest BCUT2D eigenvalue weighted by Gasteiger charge is 2.47. The van der Waals surface area contributed by atoms with Crippen LogP contribution in [0.3, 0.4) is 0 Å². The summed E-state index contributed by atoms with van der Waals surface area (Å²) in [4.78, 5) is 25.7. The van der Waals surface area contributed by atoms with Crippen LogP contribution in [0.2, 0.25) is 0 Å². The quantitative estimate of drug-likeness (QED) is 0.518. The average molecular weight is 378 g/mol.